The van der Waals surface area contributed by atoms with Crippen molar-refractivity contribution in [3.63, 3.8) is 0 Å². The highest BCUT2D eigenvalue weighted by Gasteiger charge is 2.27. The Balaban J connectivity index is 1.81. The molecule has 0 radical (unpaired) electrons. The van der Waals surface area contributed by atoms with E-state index in [-0.39, 0.29) is 22.5 Å². The monoisotopic (exact) mass is 422 g/mol. The number of rotatable bonds is 4. The molecule has 4 rings (SSSR count). The molecule has 0 bridgehead atoms. The van der Waals surface area contributed by atoms with Crippen LogP contribution in [-0.4, -0.2) is 28.4 Å². The molecule has 4 N–H and O–H groups in total. The standard InChI is InChI=1S/C20H15FN6O2S/c21-16-3-1-2-15(18(16)30(28,29)17-8-9-24-20(23)27-17)13-6-4-12(5-7-13)14-10-25-19(22)26-11-14/h1-11H,(H2,22,25,26)(H2,23,24,27). The third kappa shape index (κ3) is 3.55. The van der Waals surface area contributed by atoms with Gasteiger partial charge in [0.05, 0.1) is 0 Å². The highest BCUT2D eigenvalue weighted by atomic mass is 32.2. The lowest BCUT2D eigenvalue weighted by atomic mass is 10.0. The molecule has 0 atom stereocenters. The van der Waals surface area contributed by atoms with E-state index in [0.717, 1.165) is 17.2 Å². The van der Waals surface area contributed by atoms with Crippen molar-refractivity contribution in [1.82, 2.24) is 19.9 Å². The fourth-order valence-corrected chi connectivity index (χ4v) is 4.41. The largest absolute Gasteiger partial charge is 0.368 e. The van der Waals surface area contributed by atoms with E-state index in [4.69, 9.17) is 11.5 Å². The lowest BCUT2D eigenvalue weighted by molar-refractivity contribution is 0.565. The van der Waals surface area contributed by atoms with Crippen molar-refractivity contribution in [1.29, 1.82) is 0 Å². The van der Waals surface area contributed by atoms with Crippen LogP contribution >= 0.6 is 0 Å². The Bertz CT molecular complexity index is 1330. The summed E-state index contributed by atoms with van der Waals surface area (Å²) < 4.78 is 40.9. The van der Waals surface area contributed by atoms with Gasteiger partial charge in [-0.25, -0.2) is 32.7 Å². The Morgan fingerprint density at radius 1 is 0.767 bits per heavy atom. The summed E-state index contributed by atoms with van der Waals surface area (Å²) in [6.45, 7) is 0. The molecule has 0 saturated carbocycles. The average molecular weight is 422 g/mol. The van der Waals surface area contributed by atoms with Crippen LogP contribution in [0.3, 0.4) is 0 Å². The van der Waals surface area contributed by atoms with Crippen molar-refractivity contribution in [2.45, 2.75) is 9.92 Å². The predicted octanol–water partition coefficient (Wildman–Crippen LogP) is 2.74. The smallest absolute Gasteiger partial charge is 0.227 e. The van der Waals surface area contributed by atoms with Crippen molar-refractivity contribution in [2.24, 2.45) is 0 Å². The molecule has 0 aliphatic heterocycles. The minimum atomic E-state index is -4.28. The number of aromatic nitrogens is 4. The van der Waals surface area contributed by atoms with Gasteiger partial charge in [-0.05, 0) is 23.3 Å². The van der Waals surface area contributed by atoms with Crippen LogP contribution in [0.4, 0.5) is 16.3 Å². The van der Waals surface area contributed by atoms with Crippen molar-refractivity contribution < 1.29 is 12.8 Å². The van der Waals surface area contributed by atoms with E-state index in [9.17, 15) is 12.8 Å². The highest BCUT2D eigenvalue weighted by molar-refractivity contribution is 7.91. The Morgan fingerprint density at radius 2 is 1.43 bits per heavy atom. The molecule has 2 aromatic heterocycles. The summed E-state index contributed by atoms with van der Waals surface area (Å²) in [5.74, 6) is -0.944. The summed E-state index contributed by atoms with van der Waals surface area (Å²) in [6, 6.07) is 12.1. The maximum atomic E-state index is 14.7. The molecular weight excluding hydrogens is 407 g/mol. The molecular formula is C20H15FN6O2S. The van der Waals surface area contributed by atoms with Crippen molar-refractivity contribution in [2.75, 3.05) is 11.5 Å². The van der Waals surface area contributed by atoms with E-state index in [1.807, 2.05) is 0 Å². The Labute approximate surface area is 171 Å². The molecule has 0 amide bonds. The highest BCUT2D eigenvalue weighted by Crippen LogP contribution is 2.34. The molecule has 0 saturated heterocycles. The molecule has 0 aliphatic carbocycles. The van der Waals surface area contributed by atoms with Crippen molar-refractivity contribution >= 4 is 21.7 Å². The molecule has 0 unspecified atom stereocenters. The maximum absolute atomic E-state index is 14.7. The fourth-order valence-electron chi connectivity index (χ4n) is 2.95. The number of nitrogens with two attached hydrogens (primary N) is 2. The van der Waals surface area contributed by atoms with Crippen LogP contribution in [-0.2, 0) is 9.84 Å². The minimum Gasteiger partial charge on any atom is -0.368 e. The quantitative estimate of drug-likeness (QED) is 0.479. The second-order valence-electron chi connectivity index (χ2n) is 6.28. The van der Waals surface area contributed by atoms with Gasteiger partial charge in [-0.2, -0.15) is 0 Å². The lowest BCUT2D eigenvalue weighted by Crippen LogP contribution is -2.10. The maximum Gasteiger partial charge on any atom is 0.227 e. The van der Waals surface area contributed by atoms with Crippen LogP contribution in [0.5, 0.6) is 0 Å². The van der Waals surface area contributed by atoms with E-state index in [0.29, 0.717) is 5.56 Å². The van der Waals surface area contributed by atoms with Gasteiger partial charge in [0.2, 0.25) is 21.7 Å². The Kier molecular flexibility index (Phi) is 4.84. The topological polar surface area (TPSA) is 138 Å². The molecule has 0 aliphatic rings. The summed E-state index contributed by atoms with van der Waals surface area (Å²) in [5, 5.41) is -0.378. The normalized spacial score (nSPS) is 11.4. The minimum absolute atomic E-state index is 0.162. The van der Waals surface area contributed by atoms with Crippen molar-refractivity contribution in [3.05, 3.63) is 72.9 Å². The molecule has 2 aromatic carbocycles. The first-order valence-corrected chi connectivity index (χ1v) is 10.1. The number of anilines is 2. The zero-order valence-corrected chi connectivity index (χ0v) is 16.2. The Hall–Kier alpha value is -3.92. The number of nitrogen functional groups attached to an aromatic ring is 2. The van der Waals surface area contributed by atoms with E-state index < -0.39 is 20.5 Å². The summed E-state index contributed by atoms with van der Waals surface area (Å²) in [5.41, 5.74) is 13.2. The summed E-state index contributed by atoms with van der Waals surface area (Å²) in [6.07, 6.45) is 4.36. The molecule has 8 nitrogen and oxygen atoms in total. The molecule has 0 fully saturated rings. The van der Waals surface area contributed by atoms with Gasteiger partial charge in [0.1, 0.15) is 10.7 Å². The zero-order chi connectivity index (χ0) is 21.3. The van der Waals surface area contributed by atoms with Crippen LogP contribution in [0.15, 0.2) is 77.0 Å². The Morgan fingerprint density at radius 3 is 2.10 bits per heavy atom. The van der Waals surface area contributed by atoms with E-state index in [1.54, 1.807) is 36.7 Å². The second kappa shape index (κ2) is 7.48. The third-order valence-corrected chi connectivity index (χ3v) is 6.09. The molecule has 2 heterocycles. The van der Waals surface area contributed by atoms with Crippen molar-refractivity contribution in [3.8, 4) is 22.3 Å². The second-order valence-corrected chi connectivity index (χ2v) is 8.11. The van der Waals surface area contributed by atoms with Crippen LogP contribution in [0.25, 0.3) is 22.3 Å². The van der Waals surface area contributed by atoms with Crippen LogP contribution in [0, 0.1) is 5.82 Å². The SMILES string of the molecule is Nc1ncc(-c2ccc(-c3cccc(F)c3S(=O)(=O)c3ccnc(N)n3)cc2)cn1. The fraction of sp³-hybridized carbons (Fsp3) is 0. The number of halogens is 1. The van der Waals surface area contributed by atoms with Gasteiger partial charge in [0.25, 0.3) is 0 Å². The number of sulfone groups is 1. The first kappa shape index (κ1) is 19.4. The summed E-state index contributed by atoms with van der Waals surface area (Å²) in [4.78, 5) is 14.9. The van der Waals surface area contributed by atoms with Gasteiger partial charge in [-0.15, -0.1) is 0 Å². The number of hydrogen-bond acceptors (Lipinski definition) is 8. The van der Waals surface area contributed by atoms with Gasteiger partial charge < -0.3 is 11.5 Å². The first-order chi connectivity index (χ1) is 14.4. The number of benzene rings is 2. The number of hydrogen-bond donors (Lipinski definition) is 2. The molecule has 0 spiro atoms. The molecule has 30 heavy (non-hydrogen) atoms. The average Bonchev–Trinajstić information content (AvgIpc) is 2.74. The van der Waals surface area contributed by atoms with Gasteiger partial charge in [0.15, 0.2) is 5.03 Å². The van der Waals surface area contributed by atoms with Gasteiger partial charge in [0, 0.05) is 29.7 Å². The molecule has 150 valence electrons. The lowest BCUT2D eigenvalue weighted by Gasteiger charge is -2.12. The van der Waals surface area contributed by atoms with Gasteiger partial charge in [-0.3, -0.25) is 0 Å². The van der Waals surface area contributed by atoms with Crippen LogP contribution < -0.4 is 11.5 Å². The third-order valence-electron chi connectivity index (χ3n) is 4.36. The van der Waals surface area contributed by atoms with E-state index in [1.165, 1.54) is 24.4 Å². The van der Waals surface area contributed by atoms with Gasteiger partial charge in [-0.1, -0.05) is 36.4 Å². The van der Waals surface area contributed by atoms with E-state index in [2.05, 4.69) is 19.9 Å². The van der Waals surface area contributed by atoms with E-state index >= 15 is 0 Å². The zero-order valence-electron chi connectivity index (χ0n) is 15.4. The van der Waals surface area contributed by atoms with Gasteiger partial charge >= 0.3 is 0 Å². The first-order valence-electron chi connectivity index (χ1n) is 8.67. The summed E-state index contributed by atoms with van der Waals surface area (Å²) in [7, 11) is -4.28. The predicted molar refractivity (Wildman–Crippen MR) is 109 cm³/mol. The molecule has 10 heteroatoms. The van der Waals surface area contributed by atoms with Crippen LogP contribution in [0.1, 0.15) is 0 Å². The number of nitrogens with zero attached hydrogens (tertiary/aromatic N) is 4. The summed E-state index contributed by atoms with van der Waals surface area (Å²) >= 11 is 0. The van der Waals surface area contributed by atoms with Crippen LogP contribution in [0.2, 0.25) is 0 Å². The molecule has 4 aromatic rings.